The molecule has 34 heavy (non-hydrogen) atoms. The number of aldehydes is 1. The summed E-state index contributed by atoms with van der Waals surface area (Å²) in [5.74, 6) is -2.08. The quantitative estimate of drug-likeness (QED) is 0.538. The number of likely N-dealkylation sites (N-methyl/N-ethyl adjacent to an activating group) is 1. The fourth-order valence-electron chi connectivity index (χ4n) is 4.97. The van der Waals surface area contributed by atoms with Crippen LogP contribution in [0.1, 0.15) is 39.3 Å². The van der Waals surface area contributed by atoms with Crippen molar-refractivity contribution < 1.29 is 28.2 Å². The van der Waals surface area contributed by atoms with Crippen molar-refractivity contribution in [3.63, 3.8) is 0 Å². The van der Waals surface area contributed by atoms with Gasteiger partial charge in [0.2, 0.25) is 5.43 Å². The molecule has 182 valence electrons. The molecule has 2 saturated carbocycles. The van der Waals surface area contributed by atoms with E-state index in [-0.39, 0.29) is 36.0 Å². The Balaban J connectivity index is 1.48. The molecule has 2 aliphatic carbocycles. The summed E-state index contributed by atoms with van der Waals surface area (Å²) in [4.78, 5) is 38.9. The molecule has 2 fully saturated rings. The van der Waals surface area contributed by atoms with Gasteiger partial charge in [-0.2, -0.15) is 0 Å². The van der Waals surface area contributed by atoms with E-state index in [2.05, 4.69) is 10.2 Å². The van der Waals surface area contributed by atoms with E-state index in [0.29, 0.717) is 36.8 Å². The van der Waals surface area contributed by atoms with Gasteiger partial charge >= 0.3 is 0 Å². The Morgan fingerprint density at radius 1 is 1.32 bits per heavy atom. The normalized spacial score (nSPS) is 23.1. The Bertz CT molecular complexity index is 1170. The number of rotatable bonds is 9. The molecule has 1 aromatic carbocycles. The second-order valence-electron chi connectivity index (χ2n) is 8.96. The highest BCUT2D eigenvalue weighted by molar-refractivity contribution is 5.95. The van der Waals surface area contributed by atoms with Crippen LogP contribution in [0.2, 0.25) is 0 Å². The van der Waals surface area contributed by atoms with Gasteiger partial charge in [0.1, 0.15) is 22.9 Å². The lowest BCUT2D eigenvalue weighted by Gasteiger charge is -2.27. The largest absolute Gasteiger partial charge is 0.503 e. The van der Waals surface area contributed by atoms with Crippen LogP contribution in [-0.2, 0) is 17.8 Å². The van der Waals surface area contributed by atoms with Gasteiger partial charge in [-0.25, -0.2) is 8.78 Å². The van der Waals surface area contributed by atoms with Gasteiger partial charge in [0.25, 0.3) is 5.91 Å². The number of amides is 1. The second kappa shape index (κ2) is 9.63. The van der Waals surface area contributed by atoms with E-state index in [1.54, 1.807) is 7.11 Å². The highest BCUT2D eigenvalue weighted by Crippen LogP contribution is 2.54. The van der Waals surface area contributed by atoms with Gasteiger partial charge in [0.15, 0.2) is 12.0 Å². The van der Waals surface area contributed by atoms with E-state index in [4.69, 9.17) is 4.74 Å². The third kappa shape index (κ3) is 4.60. The number of hydrogen-bond acceptors (Lipinski definition) is 6. The highest BCUT2D eigenvalue weighted by Gasteiger charge is 2.55. The Kier molecular flexibility index (Phi) is 6.81. The minimum Gasteiger partial charge on any atom is -0.503 e. The number of hydrogen-bond donors (Lipinski definition) is 2. The number of aromatic hydroxyl groups is 1. The van der Waals surface area contributed by atoms with E-state index in [1.165, 1.54) is 16.8 Å². The van der Waals surface area contributed by atoms with Gasteiger partial charge in [-0.1, -0.05) is 6.07 Å². The second-order valence-corrected chi connectivity index (χ2v) is 8.96. The minimum atomic E-state index is -0.997. The summed E-state index contributed by atoms with van der Waals surface area (Å²) in [6.45, 7) is 0.500. The molecule has 0 radical (unpaired) electrons. The first kappa shape index (κ1) is 24.0. The number of fused-ring (bicyclic) bond motifs is 1. The maximum absolute atomic E-state index is 13.8. The van der Waals surface area contributed by atoms with Crippen LogP contribution < -0.4 is 10.7 Å². The van der Waals surface area contributed by atoms with E-state index >= 15 is 0 Å². The number of benzene rings is 1. The number of halogens is 2. The van der Waals surface area contributed by atoms with Gasteiger partial charge < -0.3 is 24.6 Å². The molecule has 2 N–H and O–H groups in total. The number of carbonyl (C=O) groups is 2. The zero-order valence-corrected chi connectivity index (χ0v) is 19.0. The molecule has 2 aromatic rings. The van der Waals surface area contributed by atoms with E-state index < -0.39 is 28.7 Å². The van der Waals surface area contributed by atoms with E-state index in [1.807, 2.05) is 7.05 Å². The average molecular weight is 475 g/mol. The zero-order valence-electron chi connectivity index (χ0n) is 19.0. The van der Waals surface area contributed by atoms with Gasteiger partial charge in [-0.05, 0) is 37.8 Å². The predicted molar refractivity (Wildman–Crippen MR) is 119 cm³/mol. The SMILES string of the molecule is COC1CC(N(C)CCn2cc(C(=O)NCc3ccc(F)cc3F)c(=O)c(O)c2C=O)C2CC12. The fourth-order valence-corrected chi connectivity index (χ4v) is 4.97. The summed E-state index contributed by atoms with van der Waals surface area (Å²) in [5.41, 5.74) is -1.56. The van der Waals surface area contributed by atoms with Crippen molar-refractivity contribution in [3.05, 3.63) is 63.1 Å². The summed E-state index contributed by atoms with van der Waals surface area (Å²) < 4.78 is 33.8. The molecule has 2 aliphatic rings. The van der Waals surface area contributed by atoms with Gasteiger partial charge in [-0.3, -0.25) is 14.4 Å². The Labute approximate surface area is 195 Å². The lowest BCUT2D eigenvalue weighted by Crippen LogP contribution is -2.36. The molecule has 1 aromatic heterocycles. The van der Waals surface area contributed by atoms with Crippen molar-refractivity contribution in [1.82, 2.24) is 14.8 Å². The van der Waals surface area contributed by atoms with Crippen molar-refractivity contribution in [2.24, 2.45) is 11.8 Å². The molecule has 4 atom stereocenters. The Hall–Kier alpha value is -3.11. The number of nitrogens with one attached hydrogen (secondary N) is 1. The van der Waals surface area contributed by atoms with Crippen LogP contribution in [0, 0.1) is 23.5 Å². The first-order chi connectivity index (χ1) is 16.2. The molecule has 0 spiro atoms. The predicted octanol–water partition coefficient (Wildman–Crippen LogP) is 1.93. The monoisotopic (exact) mass is 475 g/mol. The van der Waals surface area contributed by atoms with E-state index in [0.717, 1.165) is 18.9 Å². The van der Waals surface area contributed by atoms with Crippen molar-refractivity contribution in [3.8, 4) is 5.75 Å². The highest BCUT2D eigenvalue weighted by atomic mass is 19.1. The number of aromatic nitrogens is 1. The molecular weight excluding hydrogens is 448 g/mol. The standard InChI is InChI=1S/C24H27F2N3O5/c1-28(19-9-21(34-2)16-8-15(16)19)5-6-29-11-17(22(31)23(32)20(29)12-30)24(33)27-10-13-3-4-14(25)7-18(13)26/h3-4,7,11-12,15-16,19,21,32H,5-6,8-10H2,1-2H3,(H,27,33). The van der Waals surface area contributed by atoms with Crippen LogP contribution in [0.15, 0.2) is 29.2 Å². The third-order valence-electron chi connectivity index (χ3n) is 7.01. The molecule has 10 heteroatoms. The lowest BCUT2D eigenvalue weighted by molar-refractivity contribution is 0.0778. The van der Waals surface area contributed by atoms with E-state index in [9.17, 15) is 28.3 Å². The van der Waals surface area contributed by atoms with Gasteiger partial charge in [0.05, 0.1) is 6.10 Å². The van der Waals surface area contributed by atoms with Crippen molar-refractivity contribution in [2.75, 3.05) is 20.7 Å². The molecule has 1 amide bonds. The fraction of sp³-hybridized carbons (Fsp3) is 0.458. The minimum absolute atomic E-state index is 0.0368. The van der Waals surface area contributed by atoms with Crippen LogP contribution in [0.25, 0.3) is 0 Å². The topological polar surface area (TPSA) is 101 Å². The van der Waals surface area contributed by atoms with Crippen molar-refractivity contribution in [1.29, 1.82) is 0 Å². The molecule has 8 nitrogen and oxygen atoms in total. The van der Waals surface area contributed by atoms with Crippen LogP contribution in [0.5, 0.6) is 5.75 Å². The van der Waals surface area contributed by atoms with Crippen molar-refractivity contribution in [2.45, 2.75) is 38.1 Å². The summed E-state index contributed by atoms with van der Waals surface area (Å²) in [6.07, 6.45) is 3.90. The maximum Gasteiger partial charge on any atom is 0.257 e. The first-order valence-corrected chi connectivity index (χ1v) is 11.1. The lowest BCUT2D eigenvalue weighted by atomic mass is 10.1. The number of methoxy groups -OCH3 is 1. The number of ether oxygens (including phenoxy) is 1. The third-order valence-corrected chi connectivity index (χ3v) is 7.01. The number of carbonyl (C=O) groups excluding carboxylic acids is 2. The smallest absolute Gasteiger partial charge is 0.257 e. The zero-order chi connectivity index (χ0) is 24.6. The number of pyridine rings is 1. The van der Waals surface area contributed by atoms with Gasteiger partial charge in [-0.15, -0.1) is 0 Å². The number of nitrogens with zero attached hydrogens (tertiary/aromatic N) is 2. The first-order valence-electron chi connectivity index (χ1n) is 11.1. The summed E-state index contributed by atoms with van der Waals surface area (Å²) in [5, 5.41) is 12.7. The molecular formula is C24H27F2N3O5. The van der Waals surface area contributed by atoms with Gasteiger partial charge in [0, 0.05) is 50.6 Å². The average Bonchev–Trinajstić information content (AvgIpc) is 3.52. The maximum atomic E-state index is 13.8. The molecule has 1 heterocycles. The molecule has 4 unspecified atom stereocenters. The summed E-state index contributed by atoms with van der Waals surface area (Å²) in [6, 6.07) is 3.28. The molecule has 0 bridgehead atoms. The summed E-state index contributed by atoms with van der Waals surface area (Å²) in [7, 11) is 3.70. The molecule has 0 saturated heterocycles. The Morgan fingerprint density at radius 3 is 2.74 bits per heavy atom. The van der Waals surface area contributed by atoms with Crippen LogP contribution in [-0.4, -0.2) is 59.6 Å². The Morgan fingerprint density at radius 2 is 2.09 bits per heavy atom. The summed E-state index contributed by atoms with van der Waals surface area (Å²) >= 11 is 0. The van der Waals surface area contributed by atoms with Crippen LogP contribution in [0.3, 0.4) is 0 Å². The van der Waals surface area contributed by atoms with Crippen molar-refractivity contribution >= 4 is 12.2 Å². The molecule has 0 aliphatic heterocycles. The van der Waals surface area contributed by atoms with Crippen LogP contribution in [0.4, 0.5) is 8.78 Å². The van der Waals surface area contributed by atoms with Crippen LogP contribution >= 0.6 is 0 Å². The molecule has 4 rings (SSSR count).